The fraction of sp³-hybridized carbons (Fsp3) is 0.774. The van der Waals surface area contributed by atoms with Gasteiger partial charge in [-0.1, -0.05) is 39.3 Å². The number of aryl methyl sites for hydroxylation is 1. The second kappa shape index (κ2) is 9.49. The van der Waals surface area contributed by atoms with Gasteiger partial charge in [0.25, 0.3) is 0 Å². The molecular weight excluding hydrogens is 436 g/mol. The predicted octanol–water partition coefficient (Wildman–Crippen LogP) is 6.33. The van der Waals surface area contributed by atoms with Crippen LogP contribution in [0.5, 0.6) is 0 Å². The van der Waals surface area contributed by atoms with Crippen LogP contribution in [0.1, 0.15) is 101 Å². The second-order valence-corrected chi connectivity index (χ2v) is 13.3. The van der Waals surface area contributed by atoms with Crippen molar-refractivity contribution < 1.29 is 20.1 Å². The van der Waals surface area contributed by atoms with Gasteiger partial charge in [-0.2, -0.15) is 0 Å². The maximum Gasteiger partial charge on any atom is 0.335 e. The number of benzene rings is 1. The summed E-state index contributed by atoms with van der Waals surface area (Å²) >= 11 is 0. The van der Waals surface area contributed by atoms with Crippen LogP contribution in [0.3, 0.4) is 0 Å². The molecule has 0 bridgehead atoms. The van der Waals surface area contributed by atoms with Crippen LogP contribution in [0.25, 0.3) is 0 Å². The van der Waals surface area contributed by atoms with Gasteiger partial charge < -0.3 is 15.3 Å². The van der Waals surface area contributed by atoms with Crippen LogP contribution in [0.15, 0.2) is 24.3 Å². The number of carboxylic acids is 1. The normalized spacial score (nSPS) is 43.6. The first-order valence-corrected chi connectivity index (χ1v) is 14.3. The average Bonchev–Trinajstić information content (AvgIpc) is 3.18. The van der Waals surface area contributed by atoms with Gasteiger partial charge in [0.1, 0.15) is 0 Å². The Hall–Kier alpha value is -1.39. The average molecular weight is 483 g/mol. The van der Waals surface area contributed by atoms with Gasteiger partial charge in [0.05, 0.1) is 17.8 Å². The summed E-state index contributed by atoms with van der Waals surface area (Å²) in [5, 5.41) is 30.6. The van der Waals surface area contributed by atoms with E-state index in [1.54, 1.807) is 12.1 Å². The van der Waals surface area contributed by atoms with E-state index >= 15 is 0 Å². The number of aromatic carboxylic acids is 1. The Labute approximate surface area is 211 Å². The molecule has 0 spiro atoms. The van der Waals surface area contributed by atoms with Crippen LogP contribution in [0.2, 0.25) is 0 Å². The highest BCUT2D eigenvalue weighted by Gasteiger charge is 2.62. The van der Waals surface area contributed by atoms with E-state index in [1.165, 1.54) is 37.7 Å². The van der Waals surface area contributed by atoms with Crippen molar-refractivity contribution in [1.82, 2.24) is 0 Å². The Morgan fingerprint density at radius 1 is 0.943 bits per heavy atom. The molecule has 35 heavy (non-hydrogen) atoms. The standard InChI is InChI=1S/C31H46O4/c1-19(5-4-6-20-7-9-21(10-8-20)29(34)35)24-11-12-25-23-18-28(33)27-17-22(32)13-15-31(27,3)26(23)14-16-30(24,25)2/h7-10,19,22-28,32-33H,4-6,11-18H2,1-3H3,(H,34,35)/t19-,22-,23+,24-,25+,26+,27+,28+,30-,31-/m1/s1. The van der Waals surface area contributed by atoms with Crippen LogP contribution in [-0.4, -0.2) is 33.5 Å². The monoisotopic (exact) mass is 482 g/mol. The maximum atomic E-state index is 11.2. The summed E-state index contributed by atoms with van der Waals surface area (Å²) in [7, 11) is 0. The highest BCUT2D eigenvalue weighted by molar-refractivity contribution is 5.87. The van der Waals surface area contributed by atoms with Gasteiger partial charge in [-0.15, -0.1) is 0 Å². The molecule has 0 amide bonds. The SMILES string of the molecule is C[C@H](CCCc1ccc(C(=O)O)cc1)[C@H]1CC[C@H]2[C@@H]3C[C@H](O)[C@@H]4C[C@H](O)CC[C@]4(C)[C@H]3CC[C@]12C. The summed E-state index contributed by atoms with van der Waals surface area (Å²) in [4.78, 5) is 11.1. The summed E-state index contributed by atoms with van der Waals surface area (Å²) in [6, 6.07) is 7.38. The lowest BCUT2D eigenvalue weighted by Crippen LogP contribution is -2.58. The molecule has 194 valence electrons. The van der Waals surface area contributed by atoms with Crippen molar-refractivity contribution in [1.29, 1.82) is 0 Å². The number of aliphatic hydroxyl groups is 2. The minimum atomic E-state index is -0.861. The third-order valence-electron chi connectivity index (χ3n) is 11.7. The molecule has 0 heterocycles. The molecule has 4 nitrogen and oxygen atoms in total. The first-order valence-electron chi connectivity index (χ1n) is 14.3. The Morgan fingerprint density at radius 2 is 1.63 bits per heavy atom. The molecule has 0 saturated heterocycles. The number of rotatable bonds is 6. The molecule has 0 aromatic heterocycles. The van der Waals surface area contributed by atoms with Gasteiger partial charge in [0.2, 0.25) is 0 Å². The van der Waals surface area contributed by atoms with E-state index in [-0.39, 0.29) is 23.5 Å². The number of hydrogen-bond donors (Lipinski definition) is 3. The lowest BCUT2D eigenvalue weighted by Gasteiger charge is -2.62. The van der Waals surface area contributed by atoms with E-state index in [1.807, 2.05) is 12.1 Å². The van der Waals surface area contributed by atoms with Crippen LogP contribution in [0.4, 0.5) is 0 Å². The Morgan fingerprint density at radius 3 is 2.34 bits per heavy atom. The van der Waals surface area contributed by atoms with Crippen LogP contribution < -0.4 is 0 Å². The van der Waals surface area contributed by atoms with Gasteiger partial charge >= 0.3 is 5.97 Å². The molecule has 1 aromatic carbocycles. The van der Waals surface area contributed by atoms with Crippen molar-refractivity contribution in [2.75, 3.05) is 0 Å². The van der Waals surface area contributed by atoms with E-state index in [4.69, 9.17) is 5.11 Å². The molecule has 0 unspecified atom stereocenters. The fourth-order valence-corrected chi connectivity index (χ4v) is 9.90. The molecule has 4 aliphatic carbocycles. The third-order valence-corrected chi connectivity index (χ3v) is 11.7. The van der Waals surface area contributed by atoms with Crippen molar-refractivity contribution in [3.63, 3.8) is 0 Å². The largest absolute Gasteiger partial charge is 0.478 e. The number of hydrogen-bond acceptors (Lipinski definition) is 3. The van der Waals surface area contributed by atoms with Crippen molar-refractivity contribution in [2.45, 2.75) is 104 Å². The molecular formula is C31H46O4. The summed E-state index contributed by atoms with van der Waals surface area (Å²) in [5.74, 6) is 2.96. The van der Waals surface area contributed by atoms with E-state index < -0.39 is 5.97 Å². The fourth-order valence-electron chi connectivity index (χ4n) is 9.90. The van der Waals surface area contributed by atoms with Crippen LogP contribution >= 0.6 is 0 Å². The number of carboxylic acid groups (broad SMARTS) is 1. The van der Waals surface area contributed by atoms with E-state index in [0.717, 1.165) is 50.4 Å². The Kier molecular flexibility index (Phi) is 6.85. The van der Waals surface area contributed by atoms with Gasteiger partial charge in [0.15, 0.2) is 0 Å². The third kappa shape index (κ3) is 4.37. The first-order chi connectivity index (χ1) is 16.6. The smallest absolute Gasteiger partial charge is 0.335 e. The topological polar surface area (TPSA) is 77.8 Å². The van der Waals surface area contributed by atoms with Crippen molar-refractivity contribution in [3.05, 3.63) is 35.4 Å². The van der Waals surface area contributed by atoms with Crippen molar-refractivity contribution >= 4 is 5.97 Å². The van der Waals surface area contributed by atoms with Crippen LogP contribution in [0, 0.1) is 46.3 Å². The molecule has 4 aliphatic rings. The molecule has 4 heteroatoms. The molecule has 3 N–H and O–H groups in total. The molecule has 5 rings (SSSR count). The number of fused-ring (bicyclic) bond motifs is 5. The first kappa shape index (κ1) is 25.3. The highest BCUT2D eigenvalue weighted by atomic mass is 16.4. The predicted molar refractivity (Wildman–Crippen MR) is 138 cm³/mol. The summed E-state index contributed by atoms with van der Waals surface area (Å²) < 4.78 is 0. The van der Waals surface area contributed by atoms with Crippen LogP contribution in [-0.2, 0) is 6.42 Å². The molecule has 0 aliphatic heterocycles. The molecule has 4 fully saturated rings. The van der Waals surface area contributed by atoms with E-state index in [0.29, 0.717) is 28.7 Å². The lowest BCUT2D eigenvalue weighted by molar-refractivity contribution is -0.172. The highest BCUT2D eigenvalue weighted by Crippen LogP contribution is 2.68. The molecule has 10 atom stereocenters. The second-order valence-electron chi connectivity index (χ2n) is 13.3. The minimum absolute atomic E-state index is 0.197. The summed E-state index contributed by atoms with van der Waals surface area (Å²) in [6.45, 7) is 7.50. The summed E-state index contributed by atoms with van der Waals surface area (Å²) in [5.41, 5.74) is 2.18. The molecule has 0 radical (unpaired) electrons. The Balaban J connectivity index is 1.23. The minimum Gasteiger partial charge on any atom is -0.478 e. The quantitative estimate of drug-likeness (QED) is 0.442. The van der Waals surface area contributed by atoms with E-state index in [2.05, 4.69) is 20.8 Å². The molecule has 4 saturated carbocycles. The molecule has 1 aromatic rings. The van der Waals surface area contributed by atoms with Crippen molar-refractivity contribution in [3.8, 4) is 0 Å². The Bertz CT molecular complexity index is 911. The summed E-state index contributed by atoms with van der Waals surface area (Å²) in [6.07, 6.45) is 11.9. The number of aliphatic hydroxyl groups excluding tert-OH is 2. The zero-order valence-corrected chi connectivity index (χ0v) is 22.0. The number of carbonyl (C=O) groups is 1. The van der Waals surface area contributed by atoms with E-state index in [9.17, 15) is 15.0 Å². The van der Waals surface area contributed by atoms with Gasteiger partial charge in [-0.25, -0.2) is 4.79 Å². The van der Waals surface area contributed by atoms with Gasteiger partial charge in [-0.3, -0.25) is 0 Å². The van der Waals surface area contributed by atoms with Gasteiger partial charge in [0, 0.05) is 0 Å². The van der Waals surface area contributed by atoms with Crippen molar-refractivity contribution in [2.24, 2.45) is 46.3 Å². The van der Waals surface area contributed by atoms with Gasteiger partial charge in [-0.05, 0) is 128 Å². The zero-order chi connectivity index (χ0) is 25.0. The zero-order valence-electron chi connectivity index (χ0n) is 22.0. The lowest BCUT2D eigenvalue weighted by atomic mass is 9.44. The maximum absolute atomic E-state index is 11.2.